The number of ether oxygens (including phenoxy) is 1. The first-order chi connectivity index (χ1) is 19.1. The van der Waals surface area contributed by atoms with Gasteiger partial charge in [0.2, 0.25) is 11.9 Å². The van der Waals surface area contributed by atoms with Gasteiger partial charge in [0, 0.05) is 39.4 Å². The fourth-order valence-electron chi connectivity index (χ4n) is 4.10. The zero-order valence-electron chi connectivity index (χ0n) is 23.1. The van der Waals surface area contributed by atoms with E-state index in [1.807, 2.05) is 32.1 Å². The minimum atomic E-state index is -0.537. The molecule has 4 rings (SSSR count). The Kier molecular flexibility index (Phi) is 8.29. The van der Waals surface area contributed by atoms with Crippen LogP contribution in [-0.4, -0.2) is 71.3 Å². The third-order valence-electron chi connectivity index (χ3n) is 6.31. The monoisotopic (exact) mass is 544 g/mol. The van der Waals surface area contributed by atoms with E-state index >= 15 is 0 Å². The van der Waals surface area contributed by atoms with Gasteiger partial charge in [0.05, 0.1) is 29.9 Å². The number of hydrogen-bond donors (Lipinski definition) is 2. The van der Waals surface area contributed by atoms with Crippen LogP contribution in [0.4, 0.5) is 23.0 Å². The van der Waals surface area contributed by atoms with Gasteiger partial charge >= 0.3 is 5.69 Å². The number of rotatable bonds is 10. The summed E-state index contributed by atoms with van der Waals surface area (Å²) in [5, 5.41) is 6.15. The second-order valence-electron chi connectivity index (χ2n) is 9.36. The summed E-state index contributed by atoms with van der Waals surface area (Å²) in [6, 6.07) is 12.4. The first kappa shape index (κ1) is 28.0. The van der Waals surface area contributed by atoms with E-state index < -0.39 is 11.2 Å². The molecule has 0 unspecified atom stereocenters. The number of likely N-dealkylation sites (N-methyl/N-ethyl adjacent to an activating group) is 2. The molecular formula is C28H32N8O4. The van der Waals surface area contributed by atoms with Crippen LogP contribution < -0.4 is 31.5 Å². The molecule has 0 fully saturated rings. The second-order valence-corrected chi connectivity index (χ2v) is 9.36. The van der Waals surface area contributed by atoms with Crippen molar-refractivity contribution < 1.29 is 9.53 Å². The van der Waals surface area contributed by atoms with Crippen molar-refractivity contribution in [3.8, 4) is 11.4 Å². The molecule has 0 aliphatic rings. The van der Waals surface area contributed by atoms with E-state index in [0.29, 0.717) is 29.4 Å². The molecule has 12 heteroatoms. The first-order valence-electron chi connectivity index (χ1n) is 12.5. The number of carbonyl (C=O) groups is 1. The van der Waals surface area contributed by atoms with Gasteiger partial charge < -0.3 is 25.2 Å². The fraction of sp³-hybridized carbons (Fsp3) is 0.250. The predicted octanol–water partition coefficient (Wildman–Crippen LogP) is 2.35. The van der Waals surface area contributed by atoms with Gasteiger partial charge in [-0.3, -0.25) is 14.2 Å². The molecule has 12 nitrogen and oxygen atoms in total. The van der Waals surface area contributed by atoms with Gasteiger partial charge in [0.1, 0.15) is 11.1 Å². The molecule has 0 spiro atoms. The average molecular weight is 545 g/mol. The van der Waals surface area contributed by atoms with Gasteiger partial charge in [-0.1, -0.05) is 24.8 Å². The SMILES string of the molecule is C=CC(=O)Nc1cc(Nc2ncc3c(=O)n(C)c(=O)n(-c4ccccc4)c3n2)c(OC)cc1N(C)CCN(C)C. The van der Waals surface area contributed by atoms with Gasteiger partial charge in [-0.2, -0.15) is 4.98 Å². The van der Waals surface area contributed by atoms with Crippen LogP contribution in [0.5, 0.6) is 5.75 Å². The Morgan fingerprint density at radius 2 is 1.82 bits per heavy atom. The molecule has 40 heavy (non-hydrogen) atoms. The van der Waals surface area contributed by atoms with Crippen molar-refractivity contribution in [2.45, 2.75) is 0 Å². The van der Waals surface area contributed by atoms with Crippen LogP contribution in [0.1, 0.15) is 0 Å². The lowest BCUT2D eigenvalue weighted by atomic mass is 10.2. The van der Waals surface area contributed by atoms with E-state index in [9.17, 15) is 14.4 Å². The van der Waals surface area contributed by atoms with Crippen LogP contribution in [-0.2, 0) is 11.8 Å². The van der Waals surface area contributed by atoms with Crippen LogP contribution in [0, 0.1) is 0 Å². The lowest BCUT2D eigenvalue weighted by Crippen LogP contribution is -2.38. The zero-order chi connectivity index (χ0) is 29.0. The summed E-state index contributed by atoms with van der Waals surface area (Å²) < 4.78 is 8.04. The third-order valence-corrected chi connectivity index (χ3v) is 6.31. The summed E-state index contributed by atoms with van der Waals surface area (Å²) in [6.45, 7) is 5.04. The van der Waals surface area contributed by atoms with Gasteiger partial charge in [0.15, 0.2) is 5.65 Å². The molecule has 0 radical (unpaired) electrons. The maximum Gasteiger partial charge on any atom is 0.337 e. The lowest BCUT2D eigenvalue weighted by Gasteiger charge is -2.26. The summed E-state index contributed by atoms with van der Waals surface area (Å²) in [4.78, 5) is 51.2. The summed E-state index contributed by atoms with van der Waals surface area (Å²) in [6.07, 6.45) is 2.57. The van der Waals surface area contributed by atoms with Crippen LogP contribution in [0.3, 0.4) is 0 Å². The van der Waals surface area contributed by atoms with E-state index in [1.165, 1.54) is 31.0 Å². The molecule has 0 aliphatic carbocycles. The number of para-hydroxylation sites is 1. The van der Waals surface area contributed by atoms with E-state index in [0.717, 1.165) is 16.8 Å². The topological polar surface area (TPSA) is 127 Å². The van der Waals surface area contributed by atoms with Crippen molar-refractivity contribution >= 4 is 40.0 Å². The van der Waals surface area contributed by atoms with Crippen LogP contribution in [0.15, 0.2) is 70.9 Å². The highest BCUT2D eigenvalue weighted by Gasteiger charge is 2.18. The standard InChI is InChI=1S/C28H32N8O4/c1-7-24(37)30-20-15-21(23(40-6)16-22(20)34(4)14-13-33(2)3)31-27-29-17-19-25(32-27)36(18-11-9-8-10-12-18)28(39)35(5)26(19)38/h7-12,15-17H,1,13-14H2,2-6H3,(H,30,37)(H,29,31,32). The number of hydrogen-bond acceptors (Lipinski definition) is 9. The second kappa shape index (κ2) is 11.8. The summed E-state index contributed by atoms with van der Waals surface area (Å²) in [5.41, 5.74) is 1.38. The summed E-state index contributed by atoms with van der Waals surface area (Å²) in [7, 11) is 8.84. The number of fused-ring (bicyclic) bond motifs is 1. The lowest BCUT2D eigenvalue weighted by molar-refractivity contribution is -0.111. The highest BCUT2D eigenvalue weighted by atomic mass is 16.5. The van der Waals surface area contributed by atoms with Crippen LogP contribution >= 0.6 is 0 Å². The number of nitrogens with zero attached hydrogens (tertiary/aromatic N) is 6. The third kappa shape index (κ3) is 5.71. The molecule has 0 saturated carbocycles. The van der Waals surface area contributed by atoms with Crippen molar-refractivity contribution in [2.24, 2.45) is 7.05 Å². The Morgan fingerprint density at radius 1 is 1.10 bits per heavy atom. The minimum absolute atomic E-state index is 0.123. The number of aromatic nitrogens is 4. The molecule has 1 amide bonds. The zero-order valence-corrected chi connectivity index (χ0v) is 23.1. The molecule has 4 aromatic rings. The summed E-state index contributed by atoms with van der Waals surface area (Å²) >= 11 is 0. The molecule has 2 aromatic carbocycles. The average Bonchev–Trinajstić information content (AvgIpc) is 2.95. The number of benzene rings is 2. The van der Waals surface area contributed by atoms with Crippen molar-refractivity contribution in [1.82, 2.24) is 24.0 Å². The maximum absolute atomic E-state index is 13.1. The van der Waals surface area contributed by atoms with E-state index in [-0.39, 0.29) is 22.9 Å². The number of nitrogens with one attached hydrogen (secondary N) is 2. The Hall–Kier alpha value is -4.97. The molecule has 2 N–H and O–H groups in total. The van der Waals surface area contributed by atoms with Crippen molar-refractivity contribution in [3.05, 3.63) is 82.2 Å². The number of carbonyl (C=O) groups excluding carboxylic acids is 1. The molecule has 0 saturated heterocycles. The van der Waals surface area contributed by atoms with Crippen LogP contribution in [0.2, 0.25) is 0 Å². The van der Waals surface area contributed by atoms with Gasteiger partial charge in [0.25, 0.3) is 5.56 Å². The Morgan fingerprint density at radius 3 is 2.48 bits per heavy atom. The van der Waals surface area contributed by atoms with E-state index in [2.05, 4.69) is 32.1 Å². The minimum Gasteiger partial charge on any atom is -0.494 e. The Labute approximate surface area is 231 Å². The fourth-order valence-corrected chi connectivity index (χ4v) is 4.10. The highest BCUT2D eigenvalue weighted by molar-refractivity contribution is 6.02. The smallest absolute Gasteiger partial charge is 0.337 e. The largest absolute Gasteiger partial charge is 0.494 e. The van der Waals surface area contributed by atoms with E-state index in [1.54, 1.807) is 36.4 Å². The van der Waals surface area contributed by atoms with E-state index in [4.69, 9.17) is 4.74 Å². The molecular weight excluding hydrogens is 512 g/mol. The predicted molar refractivity (Wildman–Crippen MR) is 157 cm³/mol. The summed E-state index contributed by atoms with van der Waals surface area (Å²) in [5.74, 6) is 0.220. The van der Waals surface area contributed by atoms with Gasteiger partial charge in [-0.15, -0.1) is 0 Å². The normalized spacial score (nSPS) is 10.9. The quantitative estimate of drug-likeness (QED) is 0.289. The van der Waals surface area contributed by atoms with Crippen LogP contribution in [0.25, 0.3) is 16.7 Å². The number of methoxy groups -OCH3 is 1. The Balaban J connectivity index is 1.84. The number of anilines is 4. The van der Waals surface area contributed by atoms with Gasteiger partial charge in [-0.25, -0.2) is 14.3 Å². The molecule has 2 aromatic heterocycles. The van der Waals surface area contributed by atoms with Crippen molar-refractivity contribution in [3.63, 3.8) is 0 Å². The molecule has 0 atom stereocenters. The molecule has 208 valence electrons. The molecule has 0 aliphatic heterocycles. The highest BCUT2D eigenvalue weighted by Crippen LogP contribution is 2.38. The van der Waals surface area contributed by atoms with Gasteiger partial charge in [-0.05, 0) is 38.4 Å². The molecule has 2 heterocycles. The molecule has 0 bridgehead atoms. The maximum atomic E-state index is 13.1. The van der Waals surface area contributed by atoms with Crippen molar-refractivity contribution in [1.29, 1.82) is 0 Å². The van der Waals surface area contributed by atoms with Crippen molar-refractivity contribution in [2.75, 3.05) is 56.9 Å². The first-order valence-corrected chi connectivity index (χ1v) is 12.5. The Bertz CT molecular complexity index is 1680. The number of amides is 1.